The monoisotopic (exact) mass is 370 g/mol. The average molecular weight is 370 g/mol. The van der Waals surface area contributed by atoms with Crippen LogP contribution in [0.5, 0.6) is 5.75 Å². The van der Waals surface area contributed by atoms with E-state index in [1.54, 1.807) is 12.1 Å². The summed E-state index contributed by atoms with van der Waals surface area (Å²) in [7, 11) is 0. The minimum absolute atomic E-state index is 0.106. The SMILES string of the molecule is Cc1ccc(NC(=O)c2ccc(C(=O)O)nc2)cc1OCC1CCOCC1. The van der Waals surface area contributed by atoms with Gasteiger partial charge >= 0.3 is 5.97 Å². The van der Waals surface area contributed by atoms with Gasteiger partial charge in [0.15, 0.2) is 0 Å². The Morgan fingerprint density at radius 3 is 2.70 bits per heavy atom. The van der Waals surface area contributed by atoms with Crippen molar-refractivity contribution < 1.29 is 24.2 Å². The molecule has 1 amide bonds. The van der Waals surface area contributed by atoms with Gasteiger partial charge in [0.2, 0.25) is 0 Å². The van der Waals surface area contributed by atoms with Crippen LogP contribution in [0.1, 0.15) is 39.3 Å². The van der Waals surface area contributed by atoms with E-state index in [9.17, 15) is 9.59 Å². The van der Waals surface area contributed by atoms with E-state index in [0.29, 0.717) is 18.2 Å². The summed E-state index contributed by atoms with van der Waals surface area (Å²) in [6.45, 7) is 4.14. The van der Waals surface area contributed by atoms with E-state index in [4.69, 9.17) is 14.6 Å². The molecule has 1 aromatic heterocycles. The minimum atomic E-state index is -1.13. The molecule has 0 bridgehead atoms. The predicted octanol–water partition coefficient (Wildman–Crippen LogP) is 3.15. The van der Waals surface area contributed by atoms with Gasteiger partial charge in [-0.1, -0.05) is 6.07 Å². The van der Waals surface area contributed by atoms with E-state index in [1.807, 2.05) is 13.0 Å². The Hall–Kier alpha value is -2.93. The van der Waals surface area contributed by atoms with Crippen LogP contribution in [0.25, 0.3) is 0 Å². The maximum Gasteiger partial charge on any atom is 0.354 e. The fourth-order valence-electron chi connectivity index (χ4n) is 2.81. The van der Waals surface area contributed by atoms with Crippen molar-refractivity contribution in [1.29, 1.82) is 0 Å². The third kappa shape index (κ3) is 5.04. The molecular weight excluding hydrogens is 348 g/mol. The molecule has 1 aliphatic heterocycles. The number of nitrogens with zero attached hydrogens (tertiary/aromatic N) is 1. The zero-order chi connectivity index (χ0) is 19.2. The Morgan fingerprint density at radius 2 is 2.04 bits per heavy atom. The number of carboxylic acids is 1. The van der Waals surface area contributed by atoms with Crippen molar-refractivity contribution in [2.75, 3.05) is 25.1 Å². The number of anilines is 1. The number of amides is 1. The molecule has 142 valence electrons. The standard InChI is InChI=1S/C20H22N2O5/c1-13-2-4-16(10-18(13)27-12-14-6-8-26-9-7-14)22-19(23)15-3-5-17(20(24)25)21-11-15/h2-5,10-11,14H,6-9,12H2,1H3,(H,22,23)(H,24,25). The van der Waals surface area contributed by atoms with Gasteiger partial charge in [0.05, 0.1) is 12.2 Å². The Labute approximate surface area is 157 Å². The van der Waals surface area contributed by atoms with Crippen molar-refractivity contribution in [2.45, 2.75) is 19.8 Å². The summed E-state index contributed by atoms with van der Waals surface area (Å²) in [5, 5.41) is 11.7. The van der Waals surface area contributed by atoms with E-state index in [1.165, 1.54) is 18.3 Å². The van der Waals surface area contributed by atoms with Crippen LogP contribution in [0.2, 0.25) is 0 Å². The average Bonchev–Trinajstić information content (AvgIpc) is 2.69. The number of carbonyl (C=O) groups is 2. The van der Waals surface area contributed by atoms with Crippen molar-refractivity contribution in [3.8, 4) is 5.75 Å². The molecule has 0 atom stereocenters. The number of hydrogen-bond acceptors (Lipinski definition) is 5. The molecule has 2 heterocycles. The quantitative estimate of drug-likeness (QED) is 0.811. The number of benzene rings is 1. The second kappa shape index (κ2) is 8.64. The number of aromatic nitrogens is 1. The molecule has 1 saturated heterocycles. The molecule has 2 aromatic rings. The summed E-state index contributed by atoms with van der Waals surface area (Å²) < 4.78 is 11.3. The highest BCUT2D eigenvalue weighted by Gasteiger charge is 2.15. The summed E-state index contributed by atoms with van der Waals surface area (Å²) in [4.78, 5) is 26.9. The Bertz CT molecular complexity index is 814. The molecule has 0 radical (unpaired) electrons. The molecule has 2 N–H and O–H groups in total. The molecule has 0 saturated carbocycles. The third-order valence-electron chi connectivity index (χ3n) is 4.51. The number of carbonyl (C=O) groups excluding carboxylic acids is 1. The molecule has 7 nitrogen and oxygen atoms in total. The van der Waals surface area contributed by atoms with Crippen LogP contribution in [0.15, 0.2) is 36.5 Å². The van der Waals surface area contributed by atoms with Crippen LogP contribution < -0.4 is 10.1 Å². The first-order valence-electron chi connectivity index (χ1n) is 8.85. The van der Waals surface area contributed by atoms with Crippen molar-refractivity contribution >= 4 is 17.6 Å². The third-order valence-corrected chi connectivity index (χ3v) is 4.51. The largest absolute Gasteiger partial charge is 0.493 e. The van der Waals surface area contributed by atoms with E-state index in [-0.39, 0.29) is 17.2 Å². The number of ether oxygens (including phenoxy) is 2. The first-order chi connectivity index (χ1) is 13.0. The van der Waals surface area contributed by atoms with Crippen molar-refractivity contribution in [3.05, 3.63) is 53.3 Å². The first-order valence-corrected chi connectivity index (χ1v) is 8.85. The van der Waals surface area contributed by atoms with Crippen LogP contribution in [0, 0.1) is 12.8 Å². The molecule has 1 aromatic carbocycles. The van der Waals surface area contributed by atoms with Gasteiger partial charge in [-0.3, -0.25) is 4.79 Å². The van der Waals surface area contributed by atoms with Gasteiger partial charge < -0.3 is 19.9 Å². The number of aryl methyl sites for hydroxylation is 1. The number of hydrogen-bond donors (Lipinski definition) is 2. The minimum Gasteiger partial charge on any atom is -0.493 e. The summed E-state index contributed by atoms with van der Waals surface area (Å²) in [5.41, 5.74) is 1.78. The van der Waals surface area contributed by atoms with Crippen molar-refractivity contribution in [1.82, 2.24) is 4.98 Å². The van der Waals surface area contributed by atoms with E-state index in [2.05, 4.69) is 10.3 Å². The van der Waals surface area contributed by atoms with Crippen LogP contribution in [-0.2, 0) is 4.74 Å². The van der Waals surface area contributed by atoms with E-state index in [0.717, 1.165) is 37.4 Å². The molecule has 7 heteroatoms. The van der Waals surface area contributed by atoms with Crippen LogP contribution >= 0.6 is 0 Å². The van der Waals surface area contributed by atoms with Crippen molar-refractivity contribution in [2.24, 2.45) is 5.92 Å². The number of rotatable bonds is 6. The number of carboxylic acid groups (broad SMARTS) is 1. The van der Waals surface area contributed by atoms with Gasteiger partial charge in [-0.15, -0.1) is 0 Å². The summed E-state index contributed by atoms with van der Waals surface area (Å²) in [6.07, 6.45) is 3.24. The van der Waals surface area contributed by atoms with Gasteiger partial charge in [-0.2, -0.15) is 0 Å². The molecule has 27 heavy (non-hydrogen) atoms. The fourth-order valence-corrected chi connectivity index (χ4v) is 2.81. The molecule has 0 spiro atoms. The highest BCUT2D eigenvalue weighted by atomic mass is 16.5. The molecule has 0 unspecified atom stereocenters. The predicted molar refractivity (Wildman–Crippen MR) is 99.4 cm³/mol. The molecule has 1 aliphatic rings. The zero-order valence-electron chi connectivity index (χ0n) is 15.1. The summed E-state index contributed by atoms with van der Waals surface area (Å²) in [5.74, 6) is -0.278. The maximum absolute atomic E-state index is 12.3. The topological polar surface area (TPSA) is 97.8 Å². The molecular formula is C20H22N2O5. The number of pyridine rings is 1. The van der Waals surface area contributed by atoms with Crippen LogP contribution in [0.3, 0.4) is 0 Å². The Balaban J connectivity index is 1.64. The summed E-state index contributed by atoms with van der Waals surface area (Å²) in [6, 6.07) is 8.22. The lowest BCUT2D eigenvalue weighted by atomic mass is 10.0. The van der Waals surface area contributed by atoms with E-state index < -0.39 is 5.97 Å². The first kappa shape index (κ1) is 18.8. The number of aromatic carboxylic acids is 1. The van der Waals surface area contributed by atoms with Crippen molar-refractivity contribution in [3.63, 3.8) is 0 Å². The highest BCUT2D eigenvalue weighted by Crippen LogP contribution is 2.25. The lowest BCUT2D eigenvalue weighted by molar-refractivity contribution is 0.0496. The summed E-state index contributed by atoms with van der Waals surface area (Å²) >= 11 is 0. The lowest BCUT2D eigenvalue weighted by Gasteiger charge is -2.22. The Morgan fingerprint density at radius 1 is 1.26 bits per heavy atom. The van der Waals surface area contributed by atoms with Gasteiger partial charge in [0.1, 0.15) is 11.4 Å². The lowest BCUT2D eigenvalue weighted by Crippen LogP contribution is -2.21. The maximum atomic E-state index is 12.3. The van der Waals surface area contributed by atoms with Crippen LogP contribution in [0.4, 0.5) is 5.69 Å². The van der Waals surface area contributed by atoms with E-state index >= 15 is 0 Å². The molecule has 1 fully saturated rings. The van der Waals surface area contributed by atoms with Gasteiger partial charge in [0, 0.05) is 31.2 Å². The number of nitrogens with one attached hydrogen (secondary N) is 1. The molecule has 3 rings (SSSR count). The smallest absolute Gasteiger partial charge is 0.354 e. The Kier molecular flexibility index (Phi) is 6.03. The zero-order valence-corrected chi connectivity index (χ0v) is 15.1. The van der Waals surface area contributed by atoms with Gasteiger partial charge in [-0.05, 0) is 49.4 Å². The highest BCUT2D eigenvalue weighted by molar-refractivity contribution is 6.04. The second-order valence-electron chi connectivity index (χ2n) is 6.54. The normalized spacial score (nSPS) is 14.6. The van der Waals surface area contributed by atoms with Gasteiger partial charge in [0.25, 0.3) is 5.91 Å². The van der Waals surface area contributed by atoms with Crippen LogP contribution in [-0.4, -0.2) is 41.8 Å². The molecule has 0 aliphatic carbocycles. The second-order valence-corrected chi connectivity index (χ2v) is 6.54. The fraction of sp³-hybridized carbons (Fsp3) is 0.350. The van der Waals surface area contributed by atoms with Gasteiger partial charge in [-0.25, -0.2) is 9.78 Å².